The number of hydrogen-bond acceptors (Lipinski definition) is 5. The molecule has 1 aromatic heterocycles. The monoisotopic (exact) mass is 560 g/mol. The van der Waals surface area contributed by atoms with Gasteiger partial charge < -0.3 is 14.5 Å². The summed E-state index contributed by atoms with van der Waals surface area (Å²) in [5.41, 5.74) is 1.41. The normalized spacial score (nSPS) is 13.3. The van der Waals surface area contributed by atoms with Gasteiger partial charge in [-0.05, 0) is 55.3 Å². The van der Waals surface area contributed by atoms with Crippen LogP contribution < -0.4 is 5.56 Å². The molecule has 1 N–H and O–H groups in total. The van der Waals surface area contributed by atoms with Gasteiger partial charge in [-0.25, -0.2) is 18.7 Å². The van der Waals surface area contributed by atoms with Gasteiger partial charge in [0.05, 0.1) is 16.6 Å². The Balaban J connectivity index is 1.22. The molecule has 1 saturated heterocycles. The van der Waals surface area contributed by atoms with Crippen LogP contribution in [-0.2, 0) is 17.8 Å². The highest BCUT2D eigenvalue weighted by Gasteiger charge is 2.35. The molecule has 0 spiro atoms. The summed E-state index contributed by atoms with van der Waals surface area (Å²) >= 11 is 0. The number of fused-ring (bicyclic) bond motifs is 1. The van der Waals surface area contributed by atoms with Crippen LogP contribution in [-0.4, -0.2) is 57.7 Å². The number of carbonyl (C=O) groups excluding carboxylic acids is 2. The van der Waals surface area contributed by atoms with E-state index in [1.54, 1.807) is 15.9 Å². The topological polar surface area (TPSA) is 95.6 Å². The molecule has 2 amide bonds. The van der Waals surface area contributed by atoms with Crippen molar-refractivity contribution in [2.45, 2.75) is 32.9 Å². The maximum atomic E-state index is 14.8. The molecule has 41 heavy (non-hydrogen) atoms. The number of aromatic amines is 1. The fourth-order valence-corrected chi connectivity index (χ4v) is 4.97. The molecule has 4 aromatic rings. The number of rotatable bonds is 8. The van der Waals surface area contributed by atoms with E-state index in [1.165, 1.54) is 24.3 Å². The molecule has 2 heterocycles. The van der Waals surface area contributed by atoms with E-state index >= 15 is 0 Å². The van der Waals surface area contributed by atoms with Gasteiger partial charge in [0, 0.05) is 43.4 Å². The van der Waals surface area contributed by atoms with Crippen LogP contribution in [0.2, 0.25) is 0 Å². The lowest BCUT2D eigenvalue weighted by Crippen LogP contribution is -2.55. The van der Waals surface area contributed by atoms with Gasteiger partial charge in [0.15, 0.2) is 0 Å². The maximum absolute atomic E-state index is 14.8. The van der Waals surface area contributed by atoms with E-state index in [4.69, 9.17) is 4.74 Å². The second-order valence-corrected chi connectivity index (χ2v) is 10.5. The minimum absolute atomic E-state index is 0.0361. The van der Waals surface area contributed by atoms with Crippen LogP contribution in [0.25, 0.3) is 10.8 Å². The number of benzene rings is 3. The number of hydrogen-bond donors (Lipinski definition) is 1. The minimum Gasteiger partial charge on any atom is -0.445 e. The van der Waals surface area contributed by atoms with Crippen LogP contribution in [0.15, 0.2) is 71.5 Å². The standard InChI is InChI=1S/C31H30F2N4O4/c1-19(2)37(31(40)41-18-20-6-4-3-5-7-20)17-22-15-36(16-22)30(39)26-12-21(8-11-27(26)33)13-28-24-10-9-23(32)14-25(24)29(38)35-34-28/h3-12,14,19,22H,13,15-18H2,1-2H3,(H,35,38). The summed E-state index contributed by atoms with van der Waals surface area (Å²) in [4.78, 5) is 41.2. The van der Waals surface area contributed by atoms with Gasteiger partial charge in [-0.15, -0.1) is 0 Å². The summed E-state index contributed by atoms with van der Waals surface area (Å²) in [5, 5.41) is 7.11. The number of amides is 2. The molecule has 1 aliphatic rings. The van der Waals surface area contributed by atoms with Crippen LogP contribution in [0.5, 0.6) is 0 Å². The van der Waals surface area contributed by atoms with Crippen LogP contribution in [0.3, 0.4) is 0 Å². The number of nitrogens with one attached hydrogen (secondary N) is 1. The van der Waals surface area contributed by atoms with E-state index in [9.17, 15) is 23.2 Å². The molecule has 1 aliphatic heterocycles. The molecule has 1 fully saturated rings. The van der Waals surface area contributed by atoms with Crippen molar-refractivity contribution >= 4 is 22.8 Å². The van der Waals surface area contributed by atoms with Gasteiger partial charge in [-0.3, -0.25) is 9.59 Å². The van der Waals surface area contributed by atoms with E-state index in [2.05, 4.69) is 10.2 Å². The van der Waals surface area contributed by atoms with E-state index in [0.717, 1.165) is 11.6 Å². The van der Waals surface area contributed by atoms with Crippen LogP contribution >= 0.6 is 0 Å². The van der Waals surface area contributed by atoms with Crippen molar-refractivity contribution in [2.75, 3.05) is 19.6 Å². The Morgan fingerprint density at radius 3 is 2.51 bits per heavy atom. The number of halogens is 2. The first kappa shape index (κ1) is 27.9. The minimum atomic E-state index is -0.642. The van der Waals surface area contributed by atoms with E-state index < -0.39 is 29.2 Å². The van der Waals surface area contributed by atoms with E-state index in [-0.39, 0.29) is 35.9 Å². The number of carbonyl (C=O) groups is 2. The highest BCUT2D eigenvalue weighted by atomic mass is 19.1. The molecular formula is C31H30F2N4O4. The zero-order valence-corrected chi connectivity index (χ0v) is 22.8. The van der Waals surface area contributed by atoms with Crippen molar-refractivity contribution in [3.63, 3.8) is 0 Å². The van der Waals surface area contributed by atoms with Crippen molar-refractivity contribution in [2.24, 2.45) is 5.92 Å². The summed E-state index contributed by atoms with van der Waals surface area (Å²) in [5.74, 6) is -1.58. The Morgan fingerprint density at radius 1 is 1.02 bits per heavy atom. The van der Waals surface area contributed by atoms with E-state index in [0.29, 0.717) is 36.3 Å². The molecule has 0 atom stereocenters. The fraction of sp³-hybridized carbons (Fsp3) is 0.290. The average molecular weight is 561 g/mol. The third-order valence-electron chi connectivity index (χ3n) is 7.22. The molecule has 212 valence electrons. The third-order valence-corrected chi connectivity index (χ3v) is 7.22. The number of likely N-dealkylation sites (tertiary alicyclic amines) is 1. The lowest BCUT2D eigenvalue weighted by atomic mass is 9.96. The summed E-state index contributed by atoms with van der Waals surface area (Å²) in [6.45, 7) is 5.18. The summed E-state index contributed by atoms with van der Waals surface area (Å²) in [6.07, 6.45) is -0.213. The zero-order valence-electron chi connectivity index (χ0n) is 22.8. The number of aromatic nitrogens is 2. The highest BCUT2D eigenvalue weighted by Crippen LogP contribution is 2.24. The Hall–Kier alpha value is -4.60. The third kappa shape index (κ3) is 6.26. The van der Waals surface area contributed by atoms with Gasteiger partial charge >= 0.3 is 6.09 Å². The van der Waals surface area contributed by atoms with Gasteiger partial charge in [0.1, 0.15) is 18.2 Å². The maximum Gasteiger partial charge on any atom is 0.410 e. The Morgan fingerprint density at radius 2 is 1.78 bits per heavy atom. The predicted octanol–water partition coefficient (Wildman–Crippen LogP) is 4.91. The van der Waals surface area contributed by atoms with Gasteiger partial charge in [-0.2, -0.15) is 5.10 Å². The average Bonchev–Trinajstić information content (AvgIpc) is 2.94. The summed E-state index contributed by atoms with van der Waals surface area (Å²) in [6, 6.07) is 17.5. The molecule has 8 nitrogen and oxygen atoms in total. The number of H-pyrrole nitrogens is 1. The molecule has 0 bridgehead atoms. The largest absolute Gasteiger partial charge is 0.445 e. The summed E-state index contributed by atoms with van der Waals surface area (Å²) < 4.78 is 33.9. The Labute approximate surface area is 235 Å². The van der Waals surface area contributed by atoms with Crippen molar-refractivity contribution in [3.05, 3.63) is 111 Å². The molecule has 0 saturated carbocycles. The number of ether oxygens (including phenoxy) is 1. The van der Waals surface area contributed by atoms with Gasteiger partial charge in [0.2, 0.25) is 0 Å². The molecule has 5 rings (SSSR count). The SMILES string of the molecule is CC(C)N(CC1CN(C(=O)c2cc(Cc3n[nH]c(=O)c4cc(F)ccc34)ccc2F)C1)C(=O)OCc1ccccc1. The summed E-state index contributed by atoms with van der Waals surface area (Å²) in [7, 11) is 0. The molecule has 0 unspecified atom stereocenters. The second kappa shape index (κ2) is 11.9. The molecule has 10 heteroatoms. The fourth-order valence-electron chi connectivity index (χ4n) is 4.97. The van der Waals surface area contributed by atoms with Crippen molar-refractivity contribution in [3.8, 4) is 0 Å². The first-order valence-corrected chi connectivity index (χ1v) is 13.4. The van der Waals surface area contributed by atoms with Gasteiger partial charge in [0.25, 0.3) is 11.5 Å². The molecular weight excluding hydrogens is 530 g/mol. The van der Waals surface area contributed by atoms with Crippen LogP contribution in [0.1, 0.15) is 41.0 Å². The Kier molecular flexibility index (Phi) is 8.09. The molecule has 0 aliphatic carbocycles. The first-order chi connectivity index (χ1) is 19.7. The van der Waals surface area contributed by atoms with E-state index in [1.807, 2.05) is 44.2 Å². The quantitative estimate of drug-likeness (QED) is 0.330. The molecule has 0 radical (unpaired) electrons. The van der Waals surface area contributed by atoms with Crippen molar-refractivity contribution < 1.29 is 23.1 Å². The zero-order chi connectivity index (χ0) is 29.1. The second-order valence-electron chi connectivity index (χ2n) is 10.5. The predicted molar refractivity (Wildman–Crippen MR) is 149 cm³/mol. The van der Waals surface area contributed by atoms with Gasteiger partial charge in [-0.1, -0.05) is 36.4 Å². The molecule has 3 aromatic carbocycles. The van der Waals surface area contributed by atoms with Crippen molar-refractivity contribution in [1.82, 2.24) is 20.0 Å². The number of nitrogens with zero attached hydrogens (tertiary/aromatic N) is 3. The van der Waals surface area contributed by atoms with Crippen LogP contribution in [0, 0.1) is 17.6 Å². The lowest BCUT2D eigenvalue weighted by Gasteiger charge is -2.42. The lowest BCUT2D eigenvalue weighted by molar-refractivity contribution is 0.0327. The smallest absolute Gasteiger partial charge is 0.410 e. The van der Waals surface area contributed by atoms with Crippen molar-refractivity contribution in [1.29, 1.82) is 0 Å². The first-order valence-electron chi connectivity index (χ1n) is 13.4. The van der Waals surface area contributed by atoms with Crippen LogP contribution in [0.4, 0.5) is 13.6 Å². The Bertz CT molecular complexity index is 1630. The highest BCUT2D eigenvalue weighted by molar-refractivity contribution is 5.95.